The van der Waals surface area contributed by atoms with Crippen LogP contribution in [0.5, 0.6) is 0 Å². The van der Waals surface area contributed by atoms with E-state index < -0.39 is 5.41 Å². The van der Waals surface area contributed by atoms with Crippen LogP contribution in [-0.2, 0) is 5.41 Å². The summed E-state index contributed by atoms with van der Waals surface area (Å²) in [5, 5.41) is 6.09. The van der Waals surface area contributed by atoms with Gasteiger partial charge in [0, 0.05) is 60.1 Å². The van der Waals surface area contributed by atoms with Gasteiger partial charge >= 0.3 is 0 Å². The van der Waals surface area contributed by atoms with E-state index in [4.69, 9.17) is 28.2 Å². The SMILES string of the molecule is c1ccc(-c2nc(-c3cccc(C4(c5ccccc5)c5ccccc5-c5ccccc54)c3)nc(-c3cccc4oc5c(-c6ccc7c(c6)oc6ccccc67)cc(-c6cccc7c6oc6ccccc67)cc5c34)n2)cc1. The van der Waals surface area contributed by atoms with Crippen LogP contribution in [0.2, 0.25) is 0 Å². The van der Waals surface area contributed by atoms with Crippen molar-refractivity contribution >= 4 is 65.8 Å². The summed E-state index contributed by atoms with van der Waals surface area (Å²) in [6.45, 7) is 0. The number of nitrogens with zero attached hydrogens (tertiary/aromatic N) is 3. The maximum absolute atomic E-state index is 7.09. The molecule has 16 rings (SSSR count). The van der Waals surface area contributed by atoms with Crippen LogP contribution >= 0.6 is 0 Å². The molecule has 0 spiro atoms. The lowest BCUT2D eigenvalue weighted by Gasteiger charge is -2.34. The molecule has 0 saturated carbocycles. The van der Waals surface area contributed by atoms with Crippen molar-refractivity contribution in [1.29, 1.82) is 0 Å². The molecule has 0 amide bonds. The van der Waals surface area contributed by atoms with E-state index in [0.29, 0.717) is 23.1 Å². The van der Waals surface area contributed by atoms with E-state index in [1.54, 1.807) is 0 Å². The first kappa shape index (κ1) is 42.3. The highest BCUT2D eigenvalue weighted by molar-refractivity contribution is 6.18. The molecule has 0 atom stereocenters. The molecule has 11 aromatic carbocycles. The van der Waals surface area contributed by atoms with Gasteiger partial charge in [-0.3, -0.25) is 0 Å². The van der Waals surface area contributed by atoms with Crippen molar-refractivity contribution in [2.75, 3.05) is 0 Å². The molecule has 354 valence electrons. The largest absolute Gasteiger partial charge is 0.456 e. The van der Waals surface area contributed by atoms with E-state index in [1.165, 1.54) is 27.8 Å². The Hall–Kier alpha value is -10.2. The number of hydrogen-bond acceptors (Lipinski definition) is 6. The maximum atomic E-state index is 7.09. The van der Waals surface area contributed by atoms with Crippen LogP contribution in [0.25, 0.3) is 133 Å². The second-order valence-electron chi connectivity index (χ2n) is 19.7. The third kappa shape index (κ3) is 6.25. The van der Waals surface area contributed by atoms with Gasteiger partial charge in [-0.15, -0.1) is 0 Å². The summed E-state index contributed by atoms with van der Waals surface area (Å²) in [6, 6.07) is 87.4. The predicted molar refractivity (Wildman–Crippen MR) is 306 cm³/mol. The van der Waals surface area contributed by atoms with Crippen LogP contribution in [0.3, 0.4) is 0 Å². The molecule has 0 saturated heterocycles. The molecule has 0 unspecified atom stereocenters. The topological polar surface area (TPSA) is 78.1 Å². The third-order valence-corrected chi connectivity index (χ3v) is 15.6. The molecule has 6 nitrogen and oxygen atoms in total. The normalized spacial score (nSPS) is 12.8. The molecule has 0 radical (unpaired) electrons. The van der Waals surface area contributed by atoms with Crippen LogP contribution < -0.4 is 0 Å². The first-order valence-corrected chi connectivity index (χ1v) is 25.6. The first-order chi connectivity index (χ1) is 37.7. The Bertz CT molecular complexity index is 4790. The molecule has 6 heteroatoms. The molecule has 15 aromatic rings. The van der Waals surface area contributed by atoms with Crippen molar-refractivity contribution < 1.29 is 13.3 Å². The fourth-order valence-corrected chi connectivity index (χ4v) is 12.3. The van der Waals surface area contributed by atoms with Gasteiger partial charge in [0.1, 0.15) is 33.5 Å². The van der Waals surface area contributed by atoms with E-state index in [2.05, 4.69) is 188 Å². The Morgan fingerprint density at radius 2 is 0.789 bits per heavy atom. The van der Waals surface area contributed by atoms with Gasteiger partial charge in [0.2, 0.25) is 0 Å². The zero-order chi connectivity index (χ0) is 49.9. The Kier molecular flexibility index (Phi) is 9.15. The van der Waals surface area contributed by atoms with Crippen molar-refractivity contribution in [3.63, 3.8) is 0 Å². The van der Waals surface area contributed by atoms with Crippen molar-refractivity contribution in [2.45, 2.75) is 5.41 Å². The number of benzene rings is 11. The van der Waals surface area contributed by atoms with E-state index in [0.717, 1.165) is 105 Å². The molecule has 0 fully saturated rings. The number of hydrogen-bond donors (Lipinski definition) is 0. The van der Waals surface area contributed by atoms with E-state index >= 15 is 0 Å². The van der Waals surface area contributed by atoms with Crippen LogP contribution in [0.15, 0.2) is 262 Å². The van der Waals surface area contributed by atoms with Crippen molar-refractivity contribution in [2.24, 2.45) is 0 Å². The van der Waals surface area contributed by atoms with Crippen LogP contribution in [0, 0.1) is 0 Å². The maximum Gasteiger partial charge on any atom is 0.164 e. The lowest BCUT2D eigenvalue weighted by Crippen LogP contribution is -2.28. The zero-order valence-corrected chi connectivity index (χ0v) is 40.7. The van der Waals surface area contributed by atoms with Crippen molar-refractivity contribution in [3.8, 4) is 67.5 Å². The van der Waals surface area contributed by atoms with E-state index in [1.807, 2.05) is 60.7 Å². The lowest BCUT2D eigenvalue weighted by atomic mass is 9.67. The molecular weight excluding hydrogens is 931 g/mol. The molecular formula is C70H41N3O3. The van der Waals surface area contributed by atoms with Gasteiger partial charge in [-0.05, 0) is 93.0 Å². The average Bonchev–Trinajstić information content (AvgIpc) is 4.28. The van der Waals surface area contributed by atoms with Crippen LogP contribution in [-0.4, -0.2) is 15.0 Å². The van der Waals surface area contributed by atoms with E-state index in [9.17, 15) is 0 Å². The van der Waals surface area contributed by atoms with Crippen molar-refractivity contribution in [1.82, 2.24) is 15.0 Å². The average molecular weight is 972 g/mol. The summed E-state index contributed by atoms with van der Waals surface area (Å²) in [6.07, 6.45) is 0. The Morgan fingerprint density at radius 1 is 0.263 bits per heavy atom. The number of rotatable bonds is 7. The lowest BCUT2D eigenvalue weighted by molar-refractivity contribution is 0.667. The fraction of sp³-hybridized carbons (Fsp3) is 0.0143. The molecule has 1 aliphatic carbocycles. The molecule has 0 aliphatic heterocycles. The van der Waals surface area contributed by atoms with Gasteiger partial charge < -0.3 is 13.3 Å². The number of fused-ring (bicyclic) bond motifs is 12. The Morgan fingerprint density at radius 3 is 1.58 bits per heavy atom. The second-order valence-corrected chi connectivity index (χ2v) is 19.7. The number of para-hydroxylation sites is 3. The highest BCUT2D eigenvalue weighted by Gasteiger charge is 2.46. The first-order valence-electron chi connectivity index (χ1n) is 25.6. The van der Waals surface area contributed by atoms with Gasteiger partial charge in [0.25, 0.3) is 0 Å². The zero-order valence-electron chi connectivity index (χ0n) is 40.7. The quantitative estimate of drug-likeness (QED) is 0.158. The van der Waals surface area contributed by atoms with Gasteiger partial charge in [-0.2, -0.15) is 0 Å². The summed E-state index contributed by atoms with van der Waals surface area (Å²) in [4.78, 5) is 16.1. The summed E-state index contributed by atoms with van der Waals surface area (Å²) in [7, 11) is 0. The monoisotopic (exact) mass is 971 g/mol. The Balaban J connectivity index is 0.938. The van der Waals surface area contributed by atoms with Gasteiger partial charge in [0.05, 0.1) is 5.41 Å². The summed E-state index contributed by atoms with van der Waals surface area (Å²) in [5.41, 5.74) is 17.9. The molecule has 76 heavy (non-hydrogen) atoms. The summed E-state index contributed by atoms with van der Waals surface area (Å²) in [5.74, 6) is 1.67. The third-order valence-electron chi connectivity index (χ3n) is 15.6. The van der Waals surface area contributed by atoms with Gasteiger partial charge in [-0.25, -0.2) is 15.0 Å². The molecule has 4 aromatic heterocycles. The van der Waals surface area contributed by atoms with Crippen LogP contribution in [0.1, 0.15) is 22.3 Å². The summed E-state index contributed by atoms with van der Waals surface area (Å²) >= 11 is 0. The number of furan rings is 3. The highest BCUT2D eigenvalue weighted by atomic mass is 16.3. The molecule has 0 N–H and O–H groups in total. The van der Waals surface area contributed by atoms with E-state index in [-0.39, 0.29) is 0 Å². The van der Waals surface area contributed by atoms with Crippen LogP contribution in [0.4, 0.5) is 0 Å². The summed E-state index contributed by atoms with van der Waals surface area (Å²) < 4.78 is 20.3. The van der Waals surface area contributed by atoms with Gasteiger partial charge in [-0.1, -0.05) is 200 Å². The minimum atomic E-state index is -0.596. The second kappa shape index (κ2) is 16.4. The Labute approximate surface area is 435 Å². The fourth-order valence-electron chi connectivity index (χ4n) is 12.3. The standard InChI is InChI=1S/C70H41N3O3/c1-3-18-42(19-4-1)67-71-68(44-20-15-23-47(38-44)70(46-21-5-2-6-22-46)58-31-11-7-24-49(58)50-25-8-12-32-59(50)70)73-69(72-67)55-30-17-35-62-64(55)57-40-45(48-28-16-29-54-52-27-10-14-34-61(52)75-65(48)54)39-56(66(57)76-62)43-36-37-53-51-26-9-13-33-60(51)74-63(53)41-43/h1-41H. The van der Waals surface area contributed by atoms with Crippen molar-refractivity contribution in [3.05, 3.63) is 271 Å². The minimum Gasteiger partial charge on any atom is -0.456 e. The molecule has 1 aliphatic rings. The molecule has 4 heterocycles. The molecule has 0 bridgehead atoms. The predicted octanol–water partition coefficient (Wildman–Crippen LogP) is 18.3. The highest BCUT2D eigenvalue weighted by Crippen LogP contribution is 2.56. The number of aromatic nitrogens is 3. The smallest absolute Gasteiger partial charge is 0.164 e. The van der Waals surface area contributed by atoms with Gasteiger partial charge in [0.15, 0.2) is 17.5 Å². The minimum absolute atomic E-state index is 0.534.